The molecular weight excluding hydrogens is 414 g/mol. The second kappa shape index (κ2) is 11.8. The van der Waals surface area contributed by atoms with Crippen LogP contribution in [0.4, 0.5) is 8.78 Å². The largest absolute Gasteiger partial charge is 2.00 e. The Bertz CT molecular complexity index is 680. The van der Waals surface area contributed by atoms with Crippen molar-refractivity contribution in [3.8, 4) is 0 Å². The van der Waals surface area contributed by atoms with Crippen LogP contribution in [-0.4, -0.2) is 10.2 Å². The molecule has 2 aliphatic carbocycles. The van der Waals surface area contributed by atoms with Gasteiger partial charge in [0.1, 0.15) is 11.6 Å². The summed E-state index contributed by atoms with van der Waals surface area (Å²) in [6.07, 6.45) is 12.6. The molecular formula is C24H20F2FeO2+2. The van der Waals surface area contributed by atoms with Gasteiger partial charge in [-0.3, -0.25) is 0 Å². The van der Waals surface area contributed by atoms with Crippen molar-refractivity contribution in [2.75, 3.05) is 0 Å². The first-order valence-electron chi connectivity index (χ1n) is 8.86. The van der Waals surface area contributed by atoms with Crippen LogP contribution in [0.1, 0.15) is 23.3 Å². The normalized spacial score (nSPS) is 19.2. The van der Waals surface area contributed by atoms with Crippen molar-refractivity contribution in [1.82, 2.24) is 0 Å². The Kier molecular flexibility index (Phi) is 9.77. The van der Waals surface area contributed by atoms with E-state index in [0.29, 0.717) is 11.1 Å². The molecule has 10 radical (unpaired) electrons. The van der Waals surface area contributed by atoms with E-state index in [1.165, 1.54) is 12.1 Å². The van der Waals surface area contributed by atoms with Gasteiger partial charge in [-0.25, -0.2) is 8.78 Å². The molecule has 2 atom stereocenters. The average molecular weight is 434 g/mol. The van der Waals surface area contributed by atoms with Gasteiger partial charge >= 0.3 is 17.1 Å². The van der Waals surface area contributed by atoms with Gasteiger partial charge in [0.2, 0.25) is 0 Å². The molecule has 2 aromatic carbocycles. The minimum Gasteiger partial charge on any atom is -0.388 e. The van der Waals surface area contributed by atoms with Gasteiger partial charge in [-0.1, -0.05) is 36.4 Å². The third-order valence-electron chi connectivity index (χ3n) is 4.41. The molecule has 148 valence electrons. The molecule has 29 heavy (non-hydrogen) atoms. The fourth-order valence-corrected chi connectivity index (χ4v) is 2.90. The molecule has 2 nitrogen and oxygen atoms in total. The van der Waals surface area contributed by atoms with Crippen molar-refractivity contribution in [2.24, 2.45) is 0 Å². The molecule has 0 aliphatic heterocycles. The first kappa shape index (κ1) is 24.0. The summed E-state index contributed by atoms with van der Waals surface area (Å²) in [5, 5.41) is 19.6. The molecule has 2 fully saturated rings. The Morgan fingerprint density at radius 1 is 0.552 bits per heavy atom. The van der Waals surface area contributed by atoms with Gasteiger partial charge in [0.15, 0.2) is 0 Å². The van der Waals surface area contributed by atoms with Crippen molar-refractivity contribution in [3.63, 3.8) is 0 Å². The summed E-state index contributed by atoms with van der Waals surface area (Å²) in [6.45, 7) is 0. The quantitative estimate of drug-likeness (QED) is 0.695. The van der Waals surface area contributed by atoms with E-state index in [1.54, 1.807) is 62.1 Å². The predicted molar refractivity (Wildman–Crippen MR) is 104 cm³/mol. The van der Waals surface area contributed by atoms with E-state index in [0.717, 1.165) is 11.8 Å². The van der Waals surface area contributed by atoms with Crippen molar-refractivity contribution in [3.05, 3.63) is 134 Å². The predicted octanol–water partition coefficient (Wildman–Crippen LogP) is 4.53. The molecule has 4 rings (SSSR count). The molecule has 0 unspecified atom stereocenters. The minimum absolute atomic E-state index is 0. The summed E-state index contributed by atoms with van der Waals surface area (Å²) in [6, 6.07) is 12.5. The van der Waals surface area contributed by atoms with Crippen LogP contribution in [0.5, 0.6) is 0 Å². The molecule has 0 aromatic heterocycles. The summed E-state index contributed by atoms with van der Waals surface area (Å²) in [4.78, 5) is 0. The number of hydrogen-bond acceptors (Lipinski definition) is 2. The van der Waals surface area contributed by atoms with Gasteiger partial charge in [0.05, 0.1) is 12.2 Å². The van der Waals surface area contributed by atoms with Crippen molar-refractivity contribution in [1.29, 1.82) is 0 Å². The molecule has 5 heteroatoms. The fourth-order valence-electron chi connectivity index (χ4n) is 2.90. The molecule has 2 aromatic rings. The SMILES string of the molecule is O[C@@H]([C]1[CH][CH][CH][CH]1)c1ccccc1F.O[C@@H]([C]1[CH][CH][CH][CH]1)c1ccccc1F.[Fe+2]. The van der Waals surface area contributed by atoms with Crippen molar-refractivity contribution >= 4 is 0 Å². The van der Waals surface area contributed by atoms with Crippen LogP contribution >= 0.6 is 0 Å². The van der Waals surface area contributed by atoms with E-state index in [2.05, 4.69) is 0 Å². The first-order chi connectivity index (χ1) is 13.6. The number of rotatable bonds is 4. The van der Waals surface area contributed by atoms with Gasteiger partial charge in [-0.2, -0.15) is 0 Å². The van der Waals surface area contributed by atoms with Gasteiger partial charge in [0.25, 0.3) is 0 Å². The maximum Gasteiger partial charge on any atom is 2.00 e. The Morgan fingerprint density at radius 3 is 1.17 bits per heavy atom. The Morgan fingerprint density at radius 2 is 0.862 bits per heavy atom. The summed E-state index contributed by atoms with van der Waals surface area (Å²) >= 11 is 0. The zero-order valence-electron chi connectivity index (χ0n) is 15.4. The Balaban J connectivity index is 0.000000200. The zero-order chi connectivity index (χ0) is 19.9. The Labute approximate surface area is 182 Å². The topological polar surface area (TPSA) is 40.5 Å². The third-order valence-corrected chi connectivity index (χ3v) is 4.41. The molecule has 2 saturated carbocycles. The average Bonchev–Trinajstić information content (AvgIpc) is 3.42. The maximum atomic E-state index is 13.3. The van der Waals surface area contributed by atoms with Crippen molar-refractivity contribution in [2.45, 2.75) is 12.2 Å². The van der Waals surface area contributed by atoms with Crippen LogP contribution in [0.15, 0.2) is 48.5 Å². The van der Waals surface area contributed by atoms with Crippen LogP contribution in [-0.2, 0) is 17.1 Å². The number of hydrogen-bond donors (Lipinski definition) is 2. The molecule has 0 saturated heterocycles. The number of benzene rings is 2. The second-order valence-electron chi connectivity index (χ2n) is 6.28. The van der Waals surface area contributed by atoms with Crippen LogP contribution < -0.4 is 0 Å². The van der Waals surface area contributed by atoms with Crippen LogP contribution in [0.3, 0.4) is 0 Å². The number of aliphatic hydroxyl groups is 2. The number of halogens is 2. The van der Waals surface area contributed by atoms with E-state index < -0.39 is 12.2 Å². The van der Waals surface area contributed by atoms with E-state index in [-0.39, 0.29) is 28.7 Å². The summed E-state index contributed by atoms with van der Waals surface area (Å²) < 4.78 is 26.5. The first-order valence-corrected chi connectivity index (χ1v) is 8.86. The van der Waals surface area contributed by atoms with Crippen LogP contribution in [0.25, 0.3) is 0 Å². The fraction of sp³-hybridized carbons (Fsp3) is 0.0833. The van der Waals surface area contributed by atoms with E-state index in [9.17, 15) is 19.0 Å². The van der Waals surface area contributed by atoms with Crippen LogP contribution in [0.2, 0.25) is 0 Å². The zero-order valence-corrected chi connectivity index (χ0v) is 16.5. The molecule has 0 spiro atoms. The second-order valence-corrected chi connectivity index (χ2v) is 6.28. The smallest absolute Gasteiger partial charge is 0.388 e. The number of aliphatic hydroxyl groups excluding tert-OH is 2. The van der Waals surface area contributed by atoms with E-state index in [1.807, 2.05) is 25.7 Å². The third kappa shape index (κ3) is 6.36. The van der Waals surface area contributed by atoms with Crippen LogP contribution in [0, 0.1) is 74.8 Å². The van der Waals surface area contributed by atoms with Gasteiger partial charge in [-0.05, 0) is 63.5 Å². The molecule has 0 amide bonds. The molecule has 0 heterocycles. The van der Waals surface area contributed by atoms with Gasteiger partial charge < -0.3 is 10.2 Å². The molecule has 2 N–H and O–H groups in total. The molecule has 0 bridgehead atoms. The maximum absolute atomic E-state index is 13.3. The summed E-state index contributed by atoms with van der Waals surface area (Å²) in [5.74, 6) is 0.688. The molecule has 2 aliphatic rings. The van der Waals surface area contributed by atoms with Crippen molar-refractivity contribution < 1.29 is 36.1 Å². The summed E-state index contributed by atoms with van der Waals surface area (Å²) in [7, 11) is 0. The van der Waals surface area contributed by atoms with E-state index in [4.69, 9.17) is 0 Å². The standard InChI is InChI=1S/2C12H10FO.Fe/c2*13-11-8-4-3-7-10(11)12(14)9-5-1-2-6-9;/h2*1-8,12,14H;/q;;+2/t2*12-;/m00./s1. The Hall–Kier alpha value is -1.26. The van der Waals surface area contributed by atoms with E-state index >= 15 is 0 Å². The van der Waals surface area contributed by atoms with Gasteiger partial charge in [-0.15, -0.1) is 0 Å². The summed E-state index contributed by atoms with van der Waals surface area (Å²) in [5.41, 5.74) is 0.636. The monoisotopic (exact) mass is 434 g/mol. The minimum atomic E-state index is -0.869. The van der Waals surface area contributed by atoms with Gasteiger partial charge in [0, 0.05) is 23.0 Å².